The van der Waals surface area contributed by atoms with Gasteiger partial charge >= 0.3 is 17.9 Å². The van der Waals surface area contributed by atoms with E-state index in [-0.39, 0.29) is 5.84 Å². The number of nitrogens with one attached hydrogen (secondary N) is 6. The van der Waals surface area contributed by atoms with Crippen LogP contribution in [0.4, 0.5) is 0 Å². The Morgan fingerprint density at radius 2 is 0.871 bits per heavy atom. The number of hydrogen-bond donors (Lipinski definition) is 15. The van der Waals surface area contributed by atoms with Gasteiger partial charge in [0.15, 0.2) is 49.8 Å². The van der Waals surface area contributed by atoms with Gasteiger partial charge in [0.2, 0.25) is 35.4 Å². The summed E-state index contributed by atoms with van der Waals surface area (Å²) in [4.78, 5) is 122. The second kappa shape index (κ2) is 30.1. The molecule has 0 aromatic carbocycles. The van der Waals surface area contributed by atoms with Crippen LogP contribution >= 0.6 is 0 Å². The maximum atomic E-state index is 13.6. The van der Waals surface area contributed by atoms with Gasteiger partial charge in [0.1, 0.15) is 72.9 Å². The number of carbonyl (C=O) groups is 9. The van der Waals surface area contributed by atoms with E-state index in [1.807, 2.05) is 0 Å². The molecule has 5 rings (SSSR count). The Kier molecular flexibility index (Phi) is 24.8. The summed E-state index contributed by atoms with van der Waals surface area (Å²) in [5.41, 5.74) is 6.18. The Morgan fingerprint density at radius 1 is 0.471 bits per heavy atom. The largest absolute Gasteiger partial charge is 0.479 e. The van der Waals surface area contributed by atoms with Crippen molar-refractivity contribution in [1.82, 2.24) is 31.9 Å². The van der Waals surface area contributed by atoms with E-state index >= 15 is 0 Å². The maximum Gasteiger partial charge on any atom is 0.335 e. The van der Waals surface area contributed by atoms with Crippen LogP contribution in [0.3, 0.4) is 0 Å². The number of aliphatic hydroxyl groups excluding tert-OH is 6. The number of carboxylic acids is 2. The normalized spacial score (nSPS) is 39.4. The molecule has 0 saturated carbocycles. The molecule has 35 nitrogen and oxygen atoms in total. The van der Waals surface area contributed by atoms with Gasteiger partial charge in [-0.3, -0.25) is 38.6 Å². The third-order valence-corrected chi connectivity index (χ3v) is 14.1. The van der Waals surface area contributed by atoms with Crippen molar-refractivity contribution in [2.24, 2.45) is 10.7 Å². The summed E-state index contributed by atoms with van der Waals surface area (Å²) >= 11 is 0. The van der Waals surface area contributed by atoms with Crippen LogP contribution in [0.2, 0.25) is 0 Å². The summed E-state index contributed by atoms with van der Waals surface area (Å²) in [5, 5.41) is 101. The number of esters is 1. The van der Waals surface area contributed by atoms with Gasteiger partial charge in [-0.2, -0.15) is 0 Å². The van der Waals surface area contributed by atoms with Crippen LogP contribution < -0.4 is 37.6 Å². The highest BCUT2D eigenvalue weighted by atomic mass is 16.8. The minimum absolute atomic E-state index is 0.226. The molecule has 27 atom stereocenters. The first kappa shape index (κ1) is 69.9. The van der Waals surface area contributed by atoms with E-state index in [1.165, 1.54) is 41.5 Å². The zero-order chi connectivity index (χ0) is 63.8. The average molecular weight is 1230 g/mol. The molecule has 0 aromatic rings. The number of carbonyl (C=O) groups excluding carboxylic acids is 7. The lowest BCUT2D eigenvalue weighted by molar-refractivity contribution is -0.350. The topological polar surface area (TPSA) is 518 Å². The molecule has 25 unspecified atom stereocenters. The molecular formula is C50H80N8O27. The quantitative estimate of drug-likeness (QED) is 0.0272. The lowest BCUT2D eigenvalue weighted by atomic mass is 9.91. The number of aliphatic carboxylic acids is 2. The number of aliphatic imine (C=N–C) groups is 1. The van der Waals surface area contributed by atoms with Gasteiger partial charge in [0.05, 0.1) is 61.3 Å². The van der Waals surface area contributed by atoms with Crippen molar-refractivity contribution in [2.75, 3.05) is 0 Å². The molecule has 5 fully saturated rings. The van der Waals surface area contributed by atoms with Gasteiger partial charge in [0, 0.05) is 34.6 Å². The molecule has 0 aromatic heterocycles. The molecule has 0 spiro atoms. The molecule has 0 aliphatic carbocycles. The van der Waals surface area contributed by atoms with Crippen molar-refractivity contribution in [3.05, 3.63) is 0 Å². The molecule has 482 valence electrons. The summed E-state index contributed by atoms with van der Waals surface area (Å²) in [6.07, 6.45) is -36.0. The monoisotopic (exact) mass is 1220 g/mol. The van der Waals surface area contributed by atoms with Gasteiger partial charge in [-0.1, -0.05) is 0 Å². The van der Waals surface area contributed by atoms with Gasteiger partial charge < -0.3 is 126 Å². The van der Waals surface area contributed by atoms with Crippen LogP contribution in [-0.2, 0) is 90.5 Å². The summed E-state index contributed by atoms with van der Waals surface area (Å²) in [7, 11) is 0. The fraction of sp³-hybridized carbons (Fsp3) is 0.800. The highest BCUT2D eigenvalue weighted by Gasteiger charge is 2.59. The van der Waals surface area contributed by atoms with Crippen LogP contribution in [0.5, 0.6) is 0 Å². The minimum Gasteiger partial charge on any atom is -0.479 e. The van der Waals surface area contributed by atoms with Crippen molar-refractivity contribution in [3.8, 4) is 0 Å². The third-order valence-electron chi connectivity index (χ3n) is 14.1. The number of hydrogen-bond acceptors (Lipinski definition) is 26. The standard InChI is InChI=1S/C50H80N8O27/c1-14(59)12-25(66)57-27-29(53-20(7)61)46(75)80-42(44(71)72)39(27)84-49-32(56-23(10)64)38(35(69)17(4)77-49)82-50-33(52-19(6)51)41(79-24(11)65)37(18(5)78-50)81-47-30(54-21(8)62)28(58-26(67)13-15(2)60)40(43(85-47)45(73)74)83-48-31(55-22(9)63)36(70)34(68)16(3)76-48/h14-18,27-43,46-50,59-60,68-70,75H,12-13H2,1-11H3,(H2,51,52)(H,53,61)(H,54,62)(H,55,63)(H,56,64)(H,57,66)(H,58,67)(H,71,72)(H,73,74)/t14-,15-,16?,17?,18?,27?,28?,29?,30?,31?,32?,33?,34?,35?,36?,37?,38?,39?,40?,41?,42?,43?,46?,47?,48?,49?,50?/m1/s1. The number of carboxylic acid groups (broad SMARTS) is 2. The molecular weight excluding hydrogens is 1140 g/mol. The Bertz CT molecular complexity index is 2420. The first-order chi connectivity index (χ1) is 39.6. The van der Waals surface area contributed by atoms with Crippen molar-refractivity contribution in [3.63, 3.8) is 0 Å². The smallest absolute Gasteiger partial charge is 0.335 e. The van der Waals surface area contributed by atoms with E-state index in [2.05, 4.69) is 36.9 Å². The molecule has 5 aliphatic heterocycles. The molecule has 35 heteroatoms. The van der Waals surface area contributed by atoms with Crippen LogP contribution in [-0.4, -0.2) is 265 Å². The lowest BCUT2D eigenvalue weighted by Crippen LogP contribution is -2.73. The summed E-state index contributed by atoms with van der Waals surface area (Å²) in [6, 6.07) is -11.8. The fourth-order valence-electron chi connectivity index (χ4n) is 10.5. The third kappa shape index (κ3) is 18.1. The fourth-order valence-corrected chi connectivity index (χ4v) is 10.5. The summed E-state index contributed by atoms with van der Waals surface area (Å²) < 4.78 is 61.1. The van der Waals surface area contributed by atoms with Gasteiger partial charge in [-0.25, -0.2) is 9.59 Å². The van der Waals surface area contributed by atoms with Crippen LogP contribution in [0.15, 0.2) is 4.99 Å². The predicted molar refractivity (Wildman–Crippen MR) is 279 cm³/mol. The number of aliphatic hydroxyl groups is 6. The second-order valence-electron chi connectivity index (χ2n) is 21.6. The number of rotatable bonds is 22. The Balaban J connectivity index is 1.59. The first-order valence-electron chi connectivity index (χ1n) is 27.2. The highest BCUT2D eigenvalue weighted by molar-refractivity contribution is 5.80. The van der Waals surface area contributed by atoms with E-state index in [0.717, 1.165) is 34.6 Å². The zero-order valence-electron chi connectivity index (χ0n) is 48.4. The predicted octanol–water partition coefficient (Wildman–Crippen LogP) is -7.34. The van der Waals surface area contributed by atoms with Crippen LogP contribution in [0.1, 0.15) is 89.0 Å². The summed E-state index contributed by atoms with van der Waals surface area (Å²) in [6.45, 7) is 13.1. The second-order valence-corrected chi connectivity index (χ2v) is 21.6. The number of nitrogens with zero attached hydrogens (tertiary/aromatic N) is 1. The Hall–Kier alpha value is -5.90. The Morgan fingerprint density at radius 3 is 1.34 bits per heavy atom. The van der Waals surface area contributed by atoms with Crippen molar-refractivity contribution >= 4 is 59.2 Å². The van der Waals surface area contributed by atoms with Crippen LogP contribution in [0.25, 0.3) is 0 Å². The number of ether oxygens (including phenoxy) is 10. The molecule has 0 radical (unpaired) electrons. The van der Waals surface area contributed by atoms with E-state index < -0.39 is 231 Å². The van der Waals surface area contributed by atoms with Crippen LogP contribution in [0, 0.1) is 0 Å². The molecule has 5 saturated heterocycles. The average Bonchev–Trinajstić information content (AvgIpc) is 1.48. The van der Waals surface area contributed by atoms with Crippen molar-refractivity contribution in [2.45, 2.75) is 254 Å². The van der Waals surface area contributed by atoms with E-state index in [0.29, 0.717) is 0 Å². The van der Waals surface area contributed by atoms with E-state index in [1.54, 1.807) is 0 Å². The SMILES string of the molecule is CC(=O)NC1C(OC2C(C(=O)O)OC(OC3C(C)OC(OC4C(O)C(C)OC(OC5C(C(=O)O)OC(O)C(NC(C)=O)C5NC(=O)C[C@@H](C)O)C4NC(C)=O)C(N=C(C)N)C3OC(C)=O)C(NC(C)=O)C2NC(=O)C[C@@H](C)O)OC(C)C(O)C1O. The Labute approximate surface area is 486 Å². The molecule has 85 heavy (non-hydrogen) atoms. The lowest BCUT2D eigenvalue weighted by Gasteiger charge is -2.51. The van der Waals surface area contributed by atoms with Gasteiger partial charge in [-0.05, 0) is 41.5 Å². The van der Waals surface area contributed by atoms with E-state index in [9.17, 15) is 84.0 Å². The molecule has 0 bridgehead atoms. The molecule has 5 heterocycles. The maximum absolute atomic E-state index is 13.6. The van der Waals surface area contributed by atoms with Crippen molar-refractivity contribution in [1.29, 1.82) is 0 Å². The van der Waals surface area contributed by atoms with E-state index in [4.69, 9.17) is 53.1 Å². The number of amides is 6. The zero-order valence-corrected chi connectivity index (χ0v) is 48.4. The molecule has 5 aliphatic rings. The van der Waals surface area contributed by atoms with Crippen molar-refractivity contribution < 1.29 is 131 Å². The minimum atomic E-state index is -2.24. The van der Waals surface area contributed by atoms with Gasteiger partial charge in [-0.15, -0.1) is 0 Å². The molecule has 16 N–H and O–H groups in total. The highest BCUT2D eigenvalue weighted by Crippen LogP contribution is 2.38. The number of nitrogens with two attached hydrogens (primary N) is 1. The van der Waals surface area contributed by atoms with Gasteiger partial charge in [0.25, 0.3) is 0 Å². The first-order valence-corrected chi connectivity index (χ1v) is 27.2. The number of amidine groups is 1. The molecule has 6 amide bonds. The summed E-state index contributed by atoms with van der Waals surface area (Å²) in [5.74, 6) is -9.77.